The molecule has 0 saturated carbocycles. The molecule has 4 N–H and O–H groups in total. The molecule has 1 rings (SSSR count). The summed E-state index contributed by atoms with van der Waals surface area (Å²) in [6.07, 6.45) is -0.474. The number of hydrogen-bond donors (Lipinski definition) is 4. The van der Waals surface area contributed by atoms with Crippen LogP contribution in [0.15, 0.2) is 30.3 Å². The largest absolute Gasteiger partial charge is 0.480 e. The normalized spacial score (nSPS) is 12.7. The smallest absolute Gasteiger partial charge is 0.408 e. The van der Waals surface area contributed by atoms with Gasteiger partial charge in [-0.3, -0.25) is 9.59 Å². The van der Waals surface area contributed by atoms with Gasteiger partial charge in [-0.2, -0.15) is 0 Å². The van der Waals surface area contributed by atoms with Crippen LogP contribution in [0.5, 0.6) is 0 Å². The first-order valence-corrected chi connectivity index (χ1v) is 9.87. The Morgan fingerprint density at radius 2 is 1.63 bits per heavy atom. The standard InChI is InChI=1S/C21H31N3O6/c1-13(2)10-16(20(27)28)23-17(25)11-22-19(26)18(14(3)4)24-21(29)30-12-15-8-6-5-7-9-15/h5-9,13-14,16,18H,10-12H2,1-4H3,(H,22,26)(H,23,25)(H,24,29)(H,27,28)/t16-,18-/m0/s1. The molecule has 0 unspecified atom stereocenters. The minimum atomic E-state index is -1.13. The van der Waals surface area contributed by atoms with Crippen LogP contribution >= 0.6 is 0 Å². The lowest BCUT2D eigenvalue weighted by atomic mass is 10.0. The summed E-state index contributed by atoms with van der Waals surface area (Å²) in [6.45, 7) is 6.84. The molecule has 0 saturated heterocycles. The fraction of sp³-hybridized carbons (Fsp3) is 0.524. The van der Waals surface area contributed by atoms with Gasteiger partial charge in [0, 0.05) is 0 Å². The Balaban J connectivity index is 2.53. The second kappa shape index (κ2) is 12.5. The van der Waals surface area contributed by atoms with E-state index in [1.807, 2.05) is 44.2 Å². The van der Waals surface area contributed by atoms with Gasteiger partial charge in [0.2, 0.25) is 11.8 Å². The van der Waals surface area contributed by atoms with Gasteiger partial charge in [0.1, 0.15) is 18.7 Å². The molecule has 0 spiro atoms. The quantitative estimate of drug-likeness (QED) is 0.429. The Morgan fingerprint density at radius 1 is 1.00 bits per heavy atom. The maximum Gasteiger partial charge on any atom is 0.408 e. The Bertz CT molecular complexity index is 721. The average molecular weight is 421 g/mol. The Morgan fingerprint density at radius 3 is 2.17 bits per heavy atom. The van der Waals surface area contributed by atoms with Crippen LogP contribution in [0.25, 0.3) is 0 Å². The topological polar surface area (TPSA) is 134 Å². The molecule has 0 aromatic heterocycles. The summed E-state index contributed by atoms with van der Waals surface area (Å²) in [4.78, 5) is 47.7. The van der Waals surface area contributed by atoms with Gasteiger partial charge >= 0.3 is 12.1 Å². The van der Waals surface area contributed by atoms with Crippen LogP contribution in [-0.4, -0.2) is 47.6 Å². The number of rotatable bonds is 11. The van der Waals surface area contributed by atoms with Crippen molar-refractivity contribution >= 4 is 23.9 Å². The van der Waals surface area contributed by atoms with Crippen LogP contribution in [0.4, 0.5) is 4.79 Å². The molecule has 0 aliphatic carbocycles. The van der Waals surface area contributed by atoms with Crippen molar-refractivity contribution in [1.82, 2.24) is 16.0 Å². The fourth-order valence-electron chi connectivity index (χ4n) is 2.64. The number of nitrogens with one attached hydrogen (secondary N) is 3. The minimum Gasteiger partial charge on any atom is -0.480 e. The minimum absolute atomic E-state index is 0.0634. The molecule has 1 aromatic rings. The van der Waals surface area contributed by atoms with Crippen LogP contribution in [0, 0.1) is 11.8 Å². The third kappa shape index (κ3) is 9.40. The summed E-state index contributed by atoms with van der Waals surface area (Å²) >= 11 is 0. The first kappa shape index (κ1) is 24.9. The summed E-state index contributed by atoms with van der Waals surface area (Å²) in [5, 5.41) is 16.5. The number of ether oxygens (including phenoxy) is 1. The van der Waals surface area contributed by atoms with Gasteiger partial charge in [0.15, 0.2) is 0 Å². The zero-order chi connectivity index (χ0) is 22.7. The summed E-state index contributed by atoms with van der Waals surface area (Å²) in [5.41, 5.74) is 0.809. The molecule has 166 valence electrons. The van der Waals surface area contributed by atoms with E-state index in [-0.39, 0.29) is 24.9 Å². The maximum absolute atomic E-state index is 12.4. The van der Waals surface area contributed by atoms with Gasteiger partial charge in [-0.05, 0) is 23.8 Å². The fourth-order valence-corrected chi connectivity index (χ4v) is 2.64. The summed E-state index contributed by atoms with van der Waals surface area (Å²) in [6, 6.07) is 7.17. The van der Waals surface area contributed by atoms with Crippen LogP contribution in [0.3, 0.4) is 0 Å². The van der Waals surface area contributed by atoms with Crippen molar-refractivity contribution in [1.29, 1.82) is 0 Å². The van der Waals surface area contributed by atoms with E-state index in [4.69, 9.17) is 4.74 Å². The average Bonchev–Trinajstić information content (AvgIpc) is 2.68. The molecule has 9 nitrogen and oxygen atoms in total. The Labute approximate surface area is 176 Å². The highest BCUT2D eigenvalue weighted by molar-refractivity contribution is 5.91. The zero-order valence-corrected chi connectivity index (χ0v) is 17.8. The summed E-state index contributed by atoms with van der Waals surface area (Å²) < 4.78 is 5.13. The van der Waals surface area contributed by atoms with E-state index in [1.165, 1.54) is 0 Å². The monoisotopic (exact) mass is 421 g/mol. The molecule has 0 aliphatic rings. The molecule has 0 bridgehead atoms. The van der Waals surface area contributed by atoms with Gasteiger partial charge in [0.25, 0.3) is 0 Å². The van der Waals surface area contributed by atoms with Crippen molar-refractivity contribution < 1.29 is 29.0 Å². The zero-order valence-electron chi connectivity index (χ0n) is 17.8. The van der Waals surface area contributed by atoms with Gasteiger partial charge in [-0.15, -0.1) is 0 Å². The number of carboxylic acids is 1. The first-order chi connectivity index (χ1) is 14.1. The van der Waals surface area contributed by atoms with Crippen molar-refractivity contribution in [3.63, 3.8) is 0 Å². The number of carbonyl (C=O) groups is 4. The van der Waals surface area contributed by atoms with Crippen molar-refractivity contribution in [2.45, 2.75) is 52.8 Å². The van der Waals surface area contributed by atoms with Crippen LogP contribution < -0.4 is 16.0 Å². The number of amides is 3. The van der Waals surface area contributed by atoms with Crippen LogP contribution in [0.1, 0.15) is 39.7 Å². The van der Waals surface area contributed by atoms with E-state index in [2.05, 4.69) is 16.0 Å². The SMILES string of the molecule is CC(C)C[C@H](NC(=O)CNC(=O)[C@@H](NC(=O)OCc1ccccc1)C(C)C)C(=O)O. The van der Waals surface area contributed by atoms with E-state index >= 15 is 0 Å². The predicted octanol–water partition coefficient (Wildman–Crippen LogP) is 1.67. The predicted molar refractivity (Wildman–Crippen MR) is 110 cm³/mol. The maximum atomic E-state index is 12.4. The first-order valence-electron chi connectivity index (χ1n) is 9.87. The molecular formula is C21H31N3O6. The number of hydrogen-bond acceptors (Lipinski definition) is 5. The number of aliphatic carboxylic acids is 1. The van der Waals surface area contributed by atoms with Crippen molar-refractivity contribution in [2.75, 3.05) is 6.54 Å². The van der Waals surface area contributed by atoms with Crippen molar-refractivity contribution in [3.8, 4) is 0 Å². The lowest BCUT2D eigenvalue weighted by Crippen LogP contribution is -2.52. The third-order valence-corrected chi connectivity index (χ3v) is 4.20. The van der Waals surface area contributed by atoms with E-state index < -0.39 is 42.5 Å². The third-order valence-electron chi connectivity index (χ3n) is 4.20. The second-order valence-electron chi connectivity index (χ2n) is 7.73. The van der Waals surface area contributed by atoms with E-state index in [0.29, 0.717) is 0 Å². The Hall–Kier alpha value is -3.10. The van der Waals surface area contributed by atoms with Crippen LogP contribution in [-0.2, 0) is 25.7 Å². The molecule has 3 amide bonds. The van der Waals surface area contributed by atoms with E-state index in [0.717, 1.165) is 5.56 Å². The van der Waals surface area contributed by atoms with Crippen molar-refractivity contribution in [3.05, 3.63) is 35.9 Å². The highest BCUT2D eigenvalue weighted by Crippen LogP contribution is 2.06. The number of alkyl carbamates (subject to hydrolysis) is 1. The molecule has 2 atom stereocenters. The van der Waals surface area contributed by atoms with Gasteiger partial charge in [-0.1, -0.05) is 58.0 Å². The van der Waals surface area contributed by atoms with Gasteiger partial charge in [0.05, 0.1) is 6.54 Å². The molecule has 0 fully saturated rings. The summed E-state index contributed by atoms with van der Waals surface area (Å²) in [7, 11) is 0. The van der Waals surface area contributed by atoms with Crippen LogP contribution in [0.2, 0.25) is 0 Å². The Kier molecular flexibility index (Phi) is 10.4. The van der Waals surface area contributed by atoms with E-state index in [1.54, 1.807) is 13.8 Å². The molecule has 0 aliphatic heterocycles. The van der Waals surface area contributed by atoms with E-state index in [9.17, 15) is 24.3 Å². The molecular weight excluding hydrogens is 390 g/mol. The van der Waals surface area contributed by atoms with Gasteiger partial charge < -0.3 is 25.8 Å². The number of carboxylic acid groups (broad SMARTS) is 1. The molecule has 30 heavy (non-hydrogen) atoms. The summed E-state index contributed by atoms with van der Waals surface area (Å²) in [5.74, 6) is -2.49. The lowest BCUT2D eigenvalue weighted by molar-refractivity contribution is -0.142. The lowest BCUT2D eigenvalue weighted by Gasteiger charge is -2.22. The number of benzene rings is 1. The molecule has 0 heterocycles. The number of carbonyl (C=O) groups excluding carboxylic acids is 3. The molecule has 0 radical (unpaired) electrons. The van der Waals surface area contributed by atoms with Crippen molar-refractivity contribution in [2.24, 2.45) is 11.8 Å². The molecule has 9 heteroatoms. The molecule has 1 aromatic carbocycles. The highest BCUT2D eigenvalue weighted by atomic mass is 16.5. The van der Waals surface area contributed by atoms with Gasteiger partial charge in [-0.25, -0.2) is 9.59 Å². The highest BCUT2D eigenvalue weighted by Gasteiger charge is 2.26. The second-order valence-corrected chi connectivity index (χ2v) is 7.73.